The lowest BCUT2D eigenvalue weighted by atomic mass is 10.2. The van der Waals surface area contributed by atoms with E-state index in [2.05, 4.69) is 9.97 Å². The summed E-state index contributed by atoms with van der Waals surface area (Å²) in [6.07, 6.45) is 1.41. The SMILES string of the molecule is Nc1ccnc(-c2cc(F)c(F)cc2Cl)n1. The highest BCUT2D eigenvalue weighted by Gasteiger charge is 2.12. The van der Waals surface area contributed by atoms with Gasteiger partial charge >= 0.3 is 0 Å². The van der Waals surface area contributed by atoms with Gasteiger partial charge in [0.25, 0.3) is 0 Å². The van der Waals surface area contributed by atoms with Crippen molar-refractivity contribution in [3.63, 3.8) is 0 Å². The van der Waals surface area contributed by atoms with Gasteiger partial charge in [0.1, 0.15) is 5.82 Å². The van der Waals surface area contributed by atoms with Crippen molar-refractivity contribution in [2.24, 2.45) is 0 Å². The molecule has 0 spiro atoms. The van der Waals surface area contributed by atoms with Gasteiger partial charge in [-0.25, -0.2) is 18.7 Å². The molecular weight excluding hydrogens is 236 g/mol. The normalized spacial score (nSPS) is 10.4. The third-order valence-corrected chi connectivity index (χ3v) is 2.24. The Morgan fingerprint density at radius 3 is 2.56 bits per heavy atom. The van der Waals surface area contributed by atoms with Gasteiger partial charge in [-0.05, 0) is 18.2 Å². The fraction of sp³-hybridized carbons (Fsp3) is 0. The van der Waals surface area contributed by atoms with Gasteiger partial charge in [0.15, 0.2) is 17.5 Å². The van der Waals surface area contributed by atoms with Crippen LogP contribution >= 0.6 is 11.6 Å². The molecule has 16 heavy (non-hydrogen) atoms. The van der Waals surface area contributed by atoms with E-state index in [4.69, 9.17) is 17.3 Å². The second kappa shape index (κ2) is 4.02. The Morgan fingerprint density at radius 2 is 1.88 bits per heavy atom. The van der Waals surface area contributed by atoms with Crippen molar-refractivity contribution >= 4 is 17.4 Å². The minimum Gasteiger partial charge on any atom is -0.384 e. The van der Waals surface area contributed by atoms with E-state index < -0.39 is 11.6 Å². The molecule has 0 fully saturated rings. The number of nitrogens with two attached hydrogens (primary N) is 1. The fourth-order valence-electron chi connectivity index (χ4n) is 1.20. The number of halogens is 3. The monoisotopic (exact) mass is 241 g/mol. The zero-order chi connectivity index (χ0) is 11.7. The number of benzene rings is 1. The minimum absolute atomic E-state index is 0.0319. The molecule has 1 aromatic heterocycles. The molecule has 0 aliphatic rings. The van der Waals surface area contributed by atoms with Crippen LogP contribution in [0.15, 0.2) is 24.4 Å². The van der Waals surface area contributed by atoms with Gasteiger partial charge in [0, 0.05) is 11.8 Å². The third-order valence-electron chi connectivity index (χ3n) is 1.93. The first-order valence-electron chi connectivity index (χ1n) is 4.31. The van der Waals surface area contributed by atoms with Crippen LogP contribution in [0.5, 0.6) is 0 Å². The molecule has 82 valence electrons. The zero-order valence-corrected chi connectivity index (χ0v) is 8.67. The first-order valence-corrected chi connectivity index (χ1v) is 4.69. The van der Waals surface area contributed by atoms with E-state index in [9.17, 15) is 8.78 Å². The Bertz CT molecular complexity index is 546. The summed E-state index contributed by atoms with van der Waals surface area (Å²) in [6.45, 7) is 0. The first-order chi connectivity index (χ1) is 7.58. The Balaban J connectivity index is 2.60. The molecule has 0 saturated carbocycles. The van der Waals surface area contributed by atoms with Crippen molar-refractivity contribution in [2.75, 3.05) is 5.73 Å². The Labute approximate surface area is 94.9 Å². The maximum atomic E-state index is 13.0. The molecule has 0 bridgehead atoms. The number of hydrogen-bond donors (Lipinski definition) is 1. The Morgan fingerprint density at radius 1 is 1.19 bits per heavy atom. The molecule has 1 aromatic carbocycles. The maximum Gasteiger partial charge on any atom is 0.163 e. The van der Waals surface area contributed by atoms with Crippen LogP contribution in [0.4, 0.5) is 14.6 Å². The van der Waals surface area contributed by atoms with E-state index in [0.717, 1.165) is 12.1 Å². The minimum atomic E-state index is -1.02. The molecular formula is C10H6ClF2N3. The van der Waals surface area contributed by atoms with Gasteiger partial charge in [0.2, 0.25) is 0 Å². The molecule has 2 aromatic rings. The summed E-state index contributed by atoms with van der Waals surface area (Å²) >= 11 is 5.76. The number of rotatable bonds is 1. The van der Waals surface area contributed by atoms with Gasteiger partial charge in [0.05, 0.1) is 5.02 Å². The quantitative estimate of drug-likeness (QED) is 0.781. The highest BCUT2D eigenvalue weighted by atomic mass is 35.5. The van der Waals surface area contributed by atoms with Crippen LogP contribution in [0.25, 0.3) is 11.4 Å². The van der Waals surface area contributed by atoms with Gasteiger partial charge in [-0.3, -0.25) is 0 Å². The number of hydrogen-bond acceptors (Lipinski definition) is 3. The fourth-order valence-corrected chi connectivity index (χ4v) is 1.43. The Kier molecular flexibility index (Phi) is 2.70. The molecule has 0 unspecified atom stereocenters. The van der Waals surface area contributed by atoms with Crippen molar-refractivity contribution in [3.05, 3.63) is 41.1 Å². The summed E-state index contributed by atoms with van der Waals surface area (Å²) in [6, 6.07) is 3.29. The molecule has 0 atom stereocenters. The van der Waals surface area contributed by atoms with Crippen molar-refractivity contribution in [1.29, 1.82) is 0 Å². The highest BCUT2D eigenvalue weighted by molar-refractivity contribution is 6.33. The maximum absolute atomic E-state index is 13.0. The third kappa shape index (κ3) is 1.94. The summed E-state index contributed by atoms with van der Waals surface area (Å²) in [5.74, 6) is -1.64. The molecule has 0 saturated heterocycles. The average molecular weight is 242 g/mol. The lowest BCUT2D eigenvalue weighted by Crippen LogP contribution is -1.96. The van der Waals surface area contributed by atoms with Gasteiger partial charge in [-0.2, -0.15) is 0 Å². The van der Waals surface area contributed by atoms with Crippen LogP contribution in [-0.2, 0) is 0 Å². The molecule has 2 rings (SSSR count). The Hall–Kier alpha value is -1.75. The van der Waals surface area contributed by atoms with Crippen LogP contribution in [0.2, 0.25) is 5.02 Å². The summed E-state index contributed by atoms with van der Waals surface area (Å²) in [5.41, 5.74) is 5.65. The predicted molar refractivity (Wildman–Crippen MR) is 56.8 cm³/mol. The van der Waals surface area contributed by atoms with Crippen molar-refractivity contribution in [1.82, 2.24) is 9.97 Å². The molecule has 0 radical (unpaired) electrons. The van der Waals surface area contributed by atoms with E-state index in [1.54, 1.807) is 0 Å². The van der Waals surface area contributed by atoms with E-state index >= 15 is 0 Å². The standard InChI is InChI=1S/C10H6ClF2N3/c11-6-4-8(13)7(12)3-5(6)10-15-2-1-9(14)16-10/h1-4H,(H2,14,15,16). The first kappa shape index (κ1) is 10.8. The number of aromatic nitrogens is 2. The number of nitrogens with zero attached hydrogens (tertiary/aromatic N) is 2. The summed E-state index contributed by atoms with van der Waals surface area (Å²) in [5, 5.41) is 0.0319. The second-order valence-electron chi connectivity index (χ2n) is 3.05. The molecule has 0 aliphatic carbocycles. The van der Waals surface area contributed by atoms with Gasteiger partial charge < -0.3 is 5.73 Å². The van der Waals surface area contributed by atoms with Crippen LogP contribution in [0.1, 0.15) is 0 Å². The van der Waals surface area contributed by atoms with Crippen molar-refractivity contribution in [3.8, 4) is 11.4 Å². The molecule has 3 nitrogen and oxygen atoms in total. The zero-order valence-electron chi connectivity index (χ0n) is 7.92. The van der Waals surface area contributed by atoms with Crippen LogP contribution in [0, 0.1) is 11.6 Å². The largest absolute Gasteiger partial charge is 0.384 e. The number of anilines is 1. The topological polar surface area (TPSA) is 51.8 Å². The second-order valence-corrected chi connectivity index (χ2v) is 3.46. The lowest BCUT2D eigenvalue weighted by Gasteiger charge is -2.04. The summed E-state index contributed by atoms with van der Waals surface area (Å²) in [4.78, 5) is 7.74. The van der Waals surface area contributed by atoms with Crippen molar-refractivity contribution < 1.29 is 8.78 Å². The van der Waals surface area contributed by atoms with E-state index in [0.29, 0.717) is 0 Å². The molecule has 6 heteroatoms. The van der Waals surface area contributed by atoms with Gasteiger partial charge in [-0.15, -0.1) is 0 Å². The highest BCUT2D eigenvalue weighted by Crippen LogP contribution is 2.27. The number of nitrogen functional groups attached to an aromatic ring is 1. The van der Waals surface area contributed by atoms with E-state index in [1.807, 2.05) is 0 Å². The predicted octanol–water partition coefficient (Wildman–Crippen LogP) is 2.66. The summed E-state index contributed by atoms with van der Waals surface area (Å²) in [7, 11) is 0. The van der Waals surface area contributed by atoms with Crippen LogP contribution in [-0.4, -0.2) is 9.97 Å². The molecule has 0 amide bonds. The smallest absolute Gasteiger partial charge is 0.163 e. The van der Waals surface area contributed by atoms with Gasteiger partial charge in [-0.1, -0.05) is 11.6 Å². The lowest BCUT2D eigenvalue weighted by molar-refractivity contribution is 0.509. The molecule has 2 N–H and O–H groups in total. The van der Waals surface area contributed by atoms with E-state index in [-0.39, 0.29) is 22.2 Å². The van der Waals surface area contributed by atoms with Crippen molar-refractivity contribution in [2.45, 2.75) is 0 Å². The van der Waals surface area contributed by atoms with Crippen LogP contribution in [0.3, 0.4) is 0 Å². The summed E-state index contributed by atoms with van der Waals surface area (Å²) < 4.78 is 25.9. The van der Waals surface area contributed by atoms with Crippen LogP contribution < -0.4 is 5.73 Å². The van der Waals surface area contributed by atoms with E-state index in [1.165, 1.54) is 12.3 Å². The molecule has 0 aliphatic heterocycles. The average Bonchev–Trinajstić information content (AvgIpc) is 2.23. The molecule has 1 heterocycles.